The zero-order valence-corrected chi connectivity index (χ0v) is 11.3. The number of benzene rings is 1. The number of hydrazine groups is 1. The number of halogens is 1. The normalized spacial score (nSPS) is 12.2. The summed E-state index contributed by atoms with van der Waals surface area (Å²) >= 11 is 6.14. The third kappa shape index (κ3) is 3.41. The van der Waals surface area contributed by atoms with Crippen molar-refractivity contribution in [2.75, 3.05) is 7.11 Å². The van der Waals surface area contributed by atoms with Crippen LogP contribution < -0.4 is 16.0 Å². The van der Waals surface area contributed by atoms with E-state index in [1.807, 2.05) is 30.3 Å². The van der Waals surface area contributed by atoms with E-state index in [2.05, 4.69) is 15.6 Å². The molecular formula is C13H15ClN4O. The van der Waals surface area contributed by atoms with E-state index < -0.39 is 0 Å². The number of nitrogens with one attached hydrogen (secondary N) is 1. The Labute approximate surface area is 116 Å². The first-order valence-electron chi connectivity index (χ1n) is 5.81. The summed E-state index contributed by atoms with van der Waals surface area (Å²) in [5.41, 5.74) is 4.47. The van der Waals surface area contributed by atoms with E-state index in [9.17, 15) is 0 Å². The van der Waals surface area contributed by atoms with Crippen LogP contribution in [0.1, 0.15) is 17.3 Å². The van der Waals surface area contributed by atoms with Crippen LogP contribution in [0.5, 0.6) is 5.88 Å². The van der Waals surface area contributed by atoms with Gasteiger partial charge in [0.2, 0.25) is 5.88 Å². The summed E-state index contributed by atoms with van der Waals surface area (Å²) in [5, 5.41) is 8.73. The highest BCUT2D eigenvalue weighted by Crippen LogP contribution is 2.22. The molecule has 1 heterocycles. The molecule has 0 bridgehead atoms. The maximum Gasteiger partial charge on any atom is 0.233 e. The van der Waals surface area contributed by atoms with Crippen molar-refractivity contribution in [1.82, 2.24) is 15.6 Å². The monoisotopic (exact) mass is 278 g/mol. The Morgan fingerprint density at radius 3 is 2.63 bits per heavy atom. The van der Waals surface area contributed by atoms with Gasteiger partial charge in [-0.2, -0.15) is 5.10 Å². The second kappa shape index (κ2) is 6.47. The standard InChI is InChI=1S/C13H15ClN4O/c1-19-13-7-6-11(17-18-13)12(16-15)8-9-4-2-3-5-10(9)14/h2-7,12,16H,8,15H2,1H3. The predicted molar refractivity (Wildman–Crippen MR) is 73.8 cm³/mol. The van der Waals surface area contributed by atoms with E-state index in [-0.39, 0.29) is 6.04 Å². The Kier molecular flexibility index (Phi) is 4.68. The fourth-order valence-corrected chi connectivity index (χ4v) is 1.97. The molecule has 100 valence electrons. The Balaban J connectivity index is 2.17. The second-order valence-corrected chi connectivity index (χ2v) is 4.42. The number of methoxy groups -OCH3 is 1. The van der Waals surface area contributed by atoms with Crippen LogP contribution in [-0.2, 0) is 6.42 Å². The minimum absolute atomic E-state index is 0.154. The lowest BCUT2D eigenvalue weighted by Gasteiger charge is -2.15. The smallest absolute Gasteiger partial charge is 0.233 e. The van der Waals surface area contributed by atoms with Gasteiger partial charge < -0.3 is 4.74 Å². The molecule has 0 aliphatic rings. The average molecular weight is 279 g/mol. The van der Waals surface area contributed by atoms with Gasteiger partial charge in [0.1, 0.15) is 0 Å². The van der Waals surface area contributed by atoms with Crippen molar-refractivity contribution in [2.45, 2.75) is 12.5 Å². The van der Waals surface area contributed by atoms with Crippen LogP contribution in [0.15, 0.2) is 36.4 Å². The Bertz CT molecular complexity index is 532. The molecular weight excluding hydrogens is 264 g/mol. The summed E-state index contributed by atoms with van der Waals surface area (Å²) in [6, 6.07) is 11.1. The van der Waals surface area contributed by atoms with Gasteiger partial charge >= 0.3 is 0 Å². The molecule has 1 aromatic carbocycles. The van der Waals surface area contributed by atoms with Gasteiger partial charge in [0.05, 0.1) is 18.8 Å². The quantitative estimate of drug-likeness (QED) is 0.645. The van der Waals surface area contributed by atoms with Gasteiger partial charge in [-0.1, -0.05) is 29.8 Å². The zero-order chi connectivity index (χ0) is 13.7. The molecule has 2 aromatic rings. The number of hydrogen-bond donors (Lipinski definition) is 2. The minimum atomic E-state index is -0.154. The van der Waals surface area contributed by atoms with Gasteiger partial charge in [0.25, 0.3) is 0 Å². The molecule has 2 rings (SSSR count). The van der Waals surface area contributed by atoms with Crippen LogP contribution in [-0.4, -0.2) is 17.3 Å². The summed E-state index contributed by atoms with van der Waals surface area (Å²) in [4.78, 5) is 0. The fraction of sp³-hybridized carbons (Fsp3) is 0.231. The molecule has 1 aromatic heterocycles. The molecule has 0 spiro atoms. The molecule has 1 unspecified atom stereocenters. The number of nitrogens with zero attached hydrogens (tertiary/aromatic N) is 2. The van der Waals surface area contributed by atoms with Gasteiger partial charge in [-0.05, 0) is 24.1 Å². The predicted octanol–water partition coefficient (Wildman–Crippen LogP) is 1.89. The molecule has 1 atom stereocenters. The van der Waals surface area contributed by atoms with Gasteiger partial charge in [0.15, 0.2) is 0 Å². The van der Waals surface area contributed by atoms with Crippen molar-refractivity contribution in [3.63, 3.8) is 0 Å². The van der Waals surface area contributed by atoms with Crippen LogP contribution in [0.2, 0.25) is 5.02 Å². The van der Waals surface area contributed by atoms with Gasteiger partial charge in [-0.15, -0.1) is 5.10 Å². The second-order valence-electron chi connectivity index (χ2n) is 4.02. The maximum absolute atomic E-state index is 6.14. The first kappa shape index (κ1) is 13.7. The summed E-state index contributed by atoms with van der Waals surface area (Å²) in [5.74, 6) is 6.05. The highest BCUT2D eigenvalue weighted by molar-refractivity contribution is 6.31. The molecule has 5 nitrogen and oxygen atoms in total. The Morgan fingerprint density at radius 2 is 2.05 bits per heavy atom. The molecule has 0 aliphatic carbocycles. The van der Waals surface area contributed by atoms with Crippen molar-refractivity contribution in [2.24, 2.45) is 5.84 Å². The first-order valence-corrected chi connectivity index (χ1v) is 6.19. The lowest BCUT2D eigenvalue weighted by molar-refractivity contribution is 0.389. The lowest BCUT2D eigenvalue weighted by atomic mass is 10.0. The van der Waals surface area contributed by atoms with Gasteiger partial charge in [0, 0.05) is 11.1 Å². The minimum Gasteiger partial charge on any atom is -0.480 e. The average Bonchev–Trinajstić information content (AvgIpc) is 2.47. The number of nitrogens with two attached hydrogens (primary N) is 1. The van der Waals surface area contributed by atoms with Crippen LogP contribution in [0.25, 0.3) is 0 Å². The summed E-state index contributed by atoms with van der Waals surface area (Å²) in [6.45, 7) is 0. The largest absolute Gasteiger partial charge is 0.480 e. The molecule has 0 saturated heterocycles. The van der Waals surface area contributed by atoms with E-state index in [1.165, 1.54) is 0 Å². The first-order chi connectivity index (χ1) is 9.24. The Hall–Kier alpha value is -1.69. The van der Waals surface area contributed by atoms with Crippen LogP contribution in [0, 0.1) is 0 Å². The highest BCUT2D eigenvalue weighted by Gasteiger charge is 2.14. The number of hydrogen-bond acceptors (Lipinski definition) is 5. The molecule has 0 saturated carbocycles. The van der Waals surface area contributed by atoms with Crippen molar-refractivity contribution < 1.29 is 4.74 Å². The number of ether oxygens (including phenoxy) is 1. The third-order valence-electron chi connectivity index (χ3n) is 2.81. The van der Waals surface area contributed by atoms with Crippen molar-refractivity contribution >= 4 is 11.6 Å². The maximum atomic E-state index is 6.14. The fourth-order valence-electron chi connectivity index (χ4n) is 1.76. The topological polar surface area (TPSA) is 73.1 Å². The molecule has 6 heteroatoms. The van der Waals surface area contributed by atoms with Crippen molar-refractivity contribution in [3.05, 3.63) is 52.7 Å². The lowest BCUT2D eigenvalue weighted by Crippen LogP contribution is -2.30. The number of aromatic nitrogens is 2. The SMILES string of the molecule is COc1ccc(C(Cc2ccccc2Cl)NN)nn1. The highest BCUT2D eigenvalue weighted by atomic mass is 35.5. The van der Waals surface area contributed by atoms with Crippen LogP contribution in [0.3, 0.4) is 0 Å². The van der Waals surface area contributed by atoms with Gasteiger partial charge in [-0.25, -0.2) is 0 Å². The molecule has 0 radical (unpaired) electrons. The van der Waals surface area contributed by atoms with E-state index in [1.54, 1.807) is 13.2 Å². The molecule has 3 N–H and O–H groups in total. The van der Waals surface area contributed by atoms with Crippen LogP contribution >= 0.6 is 11.6 Å². The Morgan fingerprint density at radius 1 is 1.26 bits per heavy atom. The summed E-state index contributed by atoms with van der Waals surface area (Å²) in [6.07, 6.45) is 0.636. The van der Waals surface area contributed by atoms with E-state index >= 15 is 0 Å². The zero-order valence-electron chi connectivity index (χ0n) is 10.5. The van der Waals surface area contributed by atoms with Crippen LogP contribution in [0.4, 0.5) is 0 Å². The molecule has 0 aliphatic heterocycles. The van der Waals surface area contributed by atoms with Gasteiger partial charge in [-0.3, -0.25) is 11.3 Å². The molecule has 0 amide bonds. The summed E-state index contributed by atoms with van der Waals surface area (Å²) < 4.78 is 4.97. The third-order valence-corrected chi connectivity index (χ3v) is 3.18. The van der Waals surface area contributed by atoms with Crippen molar-refractivity contribution in [1.29, 1.82) is 0 Å². The van der Waals surface area contributed by atoms with Crippen molar-refractivity contribution in [3.8, 4) is 5.88 Å². The van der Waals surface area contributed by atoms with E-state index in [0.717, 1.165) is 11.3 Å². The molecule has 0 fully saturated rings. The van der Waals surface area contributed by atoms with E-state index in [4.69, 9.17) is 22.2 Å². The number of rotatable bonds is 5. The summed E-state index contributed by atoms with van der Waals surface area (Å²) in [7, 11) is 1.55. The van der Waals surface area contributed by atoms with E-state index in [0.29, 0.717) is 17.3 Å². The molecule has 19 heavy (non-hydrogen) atoms.